The van der Waals surface area contributed by atoms with Gasteiger partial charge in [-0.3, -0.25) is 0 Å². The van der Waals surface area contributed by atoms with Crippen LogP contribution in [0, 0.1) is 0 Å². The number of rotatable bonds is 2. The molecule has 5 nitrogen and oxygen atoms in total. The molecule has 0 saturated heterocycles. The van der Waals surface area contributed by atoms with Gasteiger partial charge < -0.3 is 30.8 Å². The Morgan fingerprint density at radius 2 is 0.964 bits per heavy atom. The first-order valence-corrected chi connectivity index (χ1v) is 7.55. The molecule has 0 aliphatic rings. The van der Waals surface area contributed by atoms with Gasteiger partial charge in [-0.15, -0.1) is 0 Å². The minimum Gasteiger partial charge on any atom is -0.344 e. The zero-order chi connectivity index (χ0) is 14.8. The molecule has 0 saturated carbocycles. The summed E-state index contributed by atoms with van der Waals surface area (Å²) in [6, 6.07) is 29.9. The van der Waals surface area contributed by atoms with Gasteiger partial charge in [-0.25, -0.2) is 0 Å². The number of benzene rings is 4. The van der Waals surface area contributed by atoms with Gasteiger partial charge >= 0.3 is 19.5 Å². The normalized spacial score (nSPS) is 9.00. The van der Waals surface area contributed by atoms with E-state index < -0.39 is 0 Å². The number of hydrogen-bond acceptors (Lipinski definition) is 5. The summed E-state index contributed by atoms with van der Waals surface area (Å²) < 4.78 is 0. The van der Waals surface area contributed by atoms with Crippen LogP contribution in [0.3, 0.4) is 0 Å². The minimum absolute atomic E-state index is 0. The van der Waals surface area contributed by atoms with E-state index in [1.807, 2.05) is 6.07 Å². The van der Waals surface area contributed by atoms with Crippen LogP contribution in [0.2, 0.25) is 0 Å². The van der Waals surface area contributed by atoms with E-state index in [2.05, 4.69) is 91.0 Å². The van der Waals surface area contributed by atoms with Gasteiger partial charge in [-0.1, -0.05) is 91.0 Å². The Labute approximate surface area is 179 Å². The molecule has 4 rings (SSSR count). The molecule has 4 aromatic rings. The maximum atomic E-state index is 2.27. The molecule has 0 aliphatic carbocycles. The second-order valence-corrected chi connectivity index (χ2v) is 5.48. The molecule has 150 valence electrons. The van der Waals surface area contributed by atoms with E-state index >= 15 is 0 Å². The molecule has 0 aromatic heterocycles. The SMILES string of the molecule is C(=C\c1cc2ccccc2c2ccccc12)/c1ccccc1.N.N.N.N.N.[Ru+2]. The maximum absolute atomic E-state index is 2.27. The Kier molecular flexibility index (Phi) is 14.8. The Balaban J connectivity index is -0.00000104. The molecule has 0 radical (unpaired) electrons. The van der Waals surface area contributed by atoms with Gasteiger partial charge in [0.2, 0.25) is 0 Å². The summed E-state index contributed by atoms with van der Waals surface area (Å²) in [6.07, 6.45) is 4.39. The zero-order valence-electron chi connectivity index (χ0n) is 16.1. The van der Waals surface area contributed by atoms with Crippen molar-refractivity contribution in [2.45, 2.75) is 0 Å². The quantitative estimate of drug-likeness (QED) is 0.121. The van der Waals surface area contributed by atoms with Crippen LogP contribution in [-0.4, -0.2) is 0 Å². The fourth-order valence-electron chi connectivity index (χ4n) is 2.97. The van der Waals surface area contributed by atoms with Crippen molar-refractivity contribution in [1.29, 1.82) is 0 Å². The van der Waals surface area contributed by atoms with E-state index in [4.69, 9.17) is 0 Å². The smallest absolute Gasteiger partial charge is 0.344 e. The van der Waals surface area contributed by atoms with Crippen LogP contribution in [0.4, 0.5) is 0 Å². The van der Waals surface area contributed by atoms with Crippen molar-refractivity contribution in [2.24, 2.45) is 0 Å². The van der Waals surface area contributed by atoms with Gasteiger partial charge in [0.25, 0.3) is 0 Å². The van der Waals surface area contributed by atoms with Gasteiger partial charge in [-0.05, 0) is 38.7 Å². The molecule has 0 bridgehead atoms. The summed E-state index contributed by atoms with van der Waals surface area (Å²) in [7, 11) is 0. The van der Waals surface area contributed by atoms with Crippen LogP contribution in [0.1, 0.15) is 11.1 Å². The first kappa shape index (κ1) is 30.3. The third kappa shape index (κ3) is 6.04. The van der Waals surface area contributed by atoms with Crippen molar-refractivity contribution in [2.75, 3.05) is 0 Å². The molecule has 28 heavy (non-hydrogen) atoms. The molecule has 0 amide bonds. The van der Waals surface area contributed by atoms with Gasteiger partial charge in [0, 0.05) is 0 Å². The molecule has 4 aromatic carbocycles. The van der Waals surface area contributed by atoms with E-state index in [0.717, 1.165) is 0 Å². The molecule has 0 heterocycles. The van der Waals surface area contributed by atoms with Gasteiger partial charge in [0.15, 0.2) is 0 Å². The second-order valence-electron chi connectivity index (χ2n) is 5.48. The second kappa shape index (κ2) is 13.7. The molecule has 0 unspecified atom stereocenters. The third-order valence-electron chi connectivity index (χ3n) is 4.05. The molecular weight excluding hydrogens is 435 g/mol. The maximum Gasteiger partial charge on any atom is 2.00 e. The average Bonchev–Trinajstić information content (AvgIpc) is 2.60. The molecule has 0 aliphatic heterocycles. The fraction of sp³-hybridized carbons (Fsp3) is 0. The van der Waals surface area contributed by atoms with Crippen LogP contribution in [0.5, 0.6) is 0 Å². The molecule has 0 spiro atoms. The molecule has 0 fully saturated rings. The van der Waals surface area contributed by atoms with E-state index in [9.17, 15) is 0 Å². The van der Waals surface area contributed by atoms with E-state index in [1.54, 1.807) is 0 Å². The van der Waals surface area contributed by atoms with Crippen molar-refractivity contribution in [3.8, 4) is 0 Å². The van der Waals surface area contributed by atoms with E-state index in [1.165, 1.54) is 32.7 Å². The Morgan fingerprint density at radius 3 is 1.61 bits per heavy atom. The van der Waals surface area contributed by atoms with Crippen LogP contribution in [-0.2, 0) is 19.5 Å². The van der Waals surface area contributed by atoms with Crippen molar-refractivity contribution < 1.29 is 19.5 Å². The summed E-state index contributed by atoms with van der Waals surface area (Å²) in [6.45, 7) is 0. The van der Waals surface area contributed by atoms with E-state index in [0.29, 0.717) is 0 Å². The Hall–Kier alpha value is -2.44. The molecule has 15 N–H and O–H groups in total. The summed E-state index contributed by atoms with van der Waals surface area (Å²) >= 11 is 0. The first-order chi connectivity index (χ1) is 10.9. The van der Waals surface area contributed by atoms with Gasteiger partial charge in [0.05, 0.1) is 0 Å². The standard InChI is InChI=1S/C22H16.5H3N.Ru/c1-2-8-17(9-3-1)14-15-19-16-18-10-4-5-11-20(18)22-13-7-6-12-21(19)22;;;;;;/h1-16H;5*1H3;/q;;;;;;+2/b15-14+;;;;;;. The van der Waals surface area contributed by atoms with Crippen LogP contribution in [0.25, 0.3) is 33.7 Å². The average molecular weight is 467 g/mol. The largest absolute Gasteiger partial charge is 2.00 e. The van der Waals surface area contributed by atoms with Crippen molar-refractivity contribution in [3.05, 3.63) is 96.1 Å². The minimum atomic E-state index is 0. The van der Waals surface area contributed by atoms with Crippen molar-refractivity contribution >= 4 is 33.7 Å². The predicted octanol–water partition coefficient (Wildman–Crippen LogP) is 6.97. The topological polar surface area (TPSA) is 175 Å². The van der Waals surface area contributed by atoms with Crippen LogP contribution < -0.4 is 30.8 Å². The monoisotopic (exact) mass is 467 g/mol. The van der Waals surface area contributed by atoms with Crippen molar-refractivity contribution in [1.82, 2.24) is 30.8 Å². The van der Waals surface area contributed by atoms with Crippen LogP contribution >= 0.6 is 0 Å². The van der Waals surface area contributed by atoms with Crippen LogP contribution in [0.15, 0.2) is 84.9 Å². The summed E-state index contributed by atoms with van der Waals surface area (Å²) in [5.41, 5.74) is 2.48. The molecular formula is C22H31N5Ru+2. The Bertz CT molecular complexity index is 988. The number of fused-ring (bicyclic) bond motifs is 3. The fourth-order valence-corrected chi connectivity index (χ4v) is 2.97. The van der Waals surface area contributed by atoms with Gasteiger partial charge in [-0.2, -0.15) is 0 Å². The summed E-state index contributed by atoms with van der Waals surface area (Å²) in [5, 5.41) is 5.21. The summed E-state index contributed by atoms with van der Waals surface area (Å²) in [4.78, 5) is 0. The predicted molar refractivity (Wildman–Crippen MR) is 122 cm³/mol. The molecule has 6 heteroatoms. The first-order valence-electron chi connectivity index (χ1n) is 7.55. The third-order valence-corrected chi connectivity index (χ3v) is 4.05. The van der Waals surface area contributed by atoms with E-state index in [-0.39, 0.29) is 50.2 Å². The van der Waals surface area contributed by atoms with Gasteiger partial charge in [0.1, 0.15) is 0 Å². The molecule has 0 atom stereocenters. The van der Waals surface area contributed by atoms with Crippen molar-refractivity contribution in [3.63, 3.8) is 0 Å². The zero-order valence-corrected chi connectivity index (χ0v) is 17.9. The summed E-state index contributed by atoms with van der Waals surface area (Å²) in [5.74, 6) is 0. The Morgan fingerprint density at radius 1 is 0.464 bits per heavy atom. The number of hydrogen-bond donors (Lipinski definition) is 5.